The number of carbonyl (C=O) groups is 2. The number of nitrogens with zero attached hydrogens (tertiary/aromatic N) is 1. The number of nitro benzene ring substituents is 1. The van der Waals surface area contributed by atoms with Gasteiger partial charge in [-0.1, -0.05) is 31.2 Å². The highest BCUT2D eigenvalue weighted by Gasteiger charge is 2.22. The van der Waals surface area contributed by atoms with E-state index in [-0.39, 0.29) is 17.2 Å². The van der Waals surface area contributed by atoms with Crippen LogP contribution >= 0.6 is 0 Å². The van der Waals surface area contributed by atoms with Crippen LogP contribution in [-0.2, 0) is 11.2 Å². The Bertz CT molecular complexity index is 1030. The maximum Gasteiger partial charge on any atom is 0.374 e. The zero-order chi connectivity index (χ0) is 21.0. The smallest absolute Gasteiger partial charge is 0.374 e. The molecular formula is C22H19NO6. The number of hydrogen-bond acceptors (Lipinski definition) is 6. The van der Waals surface area contributed by atoms with Gasteiger partial charge in [-0.05, 0) is 43.2 Å². The van der Waals surface area contributed by atoms with Gasteiger partial charge in [0.2, 0.25) is 11.5 Å². The fourth-order valence-corrected chi connectivity index (χ4v) is 2.76. The molecular weight excluding hydrogens is 374 g/mol. The molecule has 0 N–H and O–H groups in total. The normalized spacial score (nSPS) is 11.7. The van der Waals surface area contributed by atoms with E-state index >= 15 is 0 Å². The summed E-state index contributed by atoms with van der Waals surface area (Å²) in [5.74, 6) is -0.757. The fraction of sp³-hybridized carbons (Fsp3) is 0.182. The zero-order valence-corrected chi connectivity index (χ0v) is 16.0. The summed E-state index contributed by atoms with van der Waals surface area (Å²) in [6, 6.07) is 15.9. The summed E-state index contributed by atoms with van der Waals surface area (Å²) in [4.78, 5) is 35.0. The number of aryl methyl sites for hydroxylation is 1. The van der Waals surface area contributed by atoms with Crippen molar-refractivity contribution in [2.45, 2.75) is 26.4 Å². The maximum absolute atomic E-state index is 12.5. The summed E-state index contributed by atoms with van der Waals surface area (Å²) in [5, 5.41) is 10.7. The van der Waals surface area contributed by atoms with Gasteiger partial charge >= 0.3 is 5.97 Å². The van der Waals surface area contributed by atoms with Crippen molar-refractivity contribution in [1.82, 2.24) is 0 Å². The van der Waals surface area contributed by atoms with Crippen molar-refractivity contribution in [3.8, 4) is 11.3 Å². The average molecular weight is 393 g/mol. The quantitative estimate of drug-likeness (QED) is 0.246. The Morgan fingerprint density at radius 1 is 1.03 bits per heavy atom. The topological polar surface area (TPSA) is 99.7 Å². The third-order valence-corrected chi connectivity index (χ3v) is 4.47. The van der Waals surface area contributed by atoms with E-state index in [9.17, 15) is 19.7 Å². The highest BCUT2D eigenvalue weighted by Crippen LogP contribution is 2.25. The number of ketones is 1. The predicted molar refractivity (Wildman–Crippen MR) is 106 cm³/mol. The predicted octanol–water partition coefficient (Wildman–Crippen LogP) is 4.85. The number of carbonyl (C=O) groups excluding carboxylic acids is 2. The molecule has 0 saturated carbocycles. The molecule has 0 aliphatic rings. The third-order valence-electron chi connectivity index (χ3n) is 4.47. The molecule has 0 aliphatic heterocycles. The van der Waals surface area contributed by atoms with Crippen molar-refractivity contribution in [3.05, 3.63) is 87.7 Å². The molecule has 3 aromatic rings. The van der Waals surface area contributed by atoms with Crippen molar-refractivity contribution in [3.63, 3.8) is 0 Å². The van der Waals surface area contributed by atoms with Crippen LogP contribution in [0, 0.1) is 10.1 Å². The van der Waals surface area contributed by atoms with Crippen LogP contribution in [0.25, 0.3) is 11.3 Å². The lowest BCUT2D eigenvalue weighted by Gasteiger charge is -2.11. The molecule has 0 aliphatic carbocycles. The van der Waals surface area contributed by atoms with Crippen molar-refractivity contribution in [1.29, 1.82) is 0 Å². The van der Waals surface area contributed by atoms with Crippen molar-refractivity contribution in [2.75, 3.05) is 0 Å². The van der Waals surface area contributed by atoms with Crippen LogP contribution in [0.2, 0.25) is 0 Å². The molecule has 3 rings (SSSR count). The van der Waals surface area contributed by atoms with Gasteiger partial charge in [-0.15, -0.1) is 0 Å². The minimum Gasteiger partial charge on any atom is -0.449 e. The Labute approximate surface area is 167 Å². The molecule has 0 bridgehead atoms. The van der Waals surface area contributed by atoms with Gasteiger partial charge in [0.15, 0.2) is 6.10 Å². The van der Waals surface area contributed by atoms with Crippen molar-refractivity contribution < 1.29 is 23.7 Å². The van der Waals surface area contributed by atoms with Crippen molar-refractivity contribution in [2.24, 2.45) is 0 Å². The maximum atomic E-state index is 12.5. The number of benzene rings is 2. The van der Waals surface area contributed by atoms with Gasteiger partial charge in [-0.2, -0.15) is 0 Å². The summed E-state index contributed by atoms with van der Waals surface area (Å²) in [5.41, 5.74) is 2.11. The van der Waals surface area contributed by atoms with Crippen molar-refractivity contribution >= 4 is 17.4 Å². The van der Waals surface area contributed by atoms with E-state index in [2.05, 4.69) is 0 Å². The molecule has 0 amide bonds. The van der Waals surface area contributed by atoms with Crippen LogP contribution in [0.15, 0.2) is 65.1 Å². The molecule has 0 spiro atoms. The molecule has 1 atom stereocenters. The van der Waals surface area contributed by atoms with E-state index in [4.69, 9.17) is 9.15 Å². The summed E-state index contributed by atoms with van der Waals surface area (Å²) >= 11 is 0. The van der Waals surface area contributed by atoms with Crippen LogP contribution < -0.4 is 0 Å². The molecule has 0 radical (unpaired) electrons. The second kappa shape index (κ2) is 8.52. The third kappa shape index (κ3) is 4.57. The lowest BCUT2D eigenvalue weighted by atomic mass is 10.0. The number of hydrogen-bond donors (Lipinski definition) is 0. The van der Waals surface area contributed by atoms with E-state index in [1.54, 1.807) is 18.2 Å². The summed E-state index contributed by atoms with van der Waals surface area (Å²) in [6.45, 7) is 3.53. The second-order valence-corrected chi connectivity index (χ2v) is 6.43. The summed E-state index contributed by atoms with van der Waals surface area (Å²) < 4.78 is 10.7. The van der Waals surface area contributed by atoms with E-state index in [0.29, 0.717) is 16.9 Å². The highest BCUT2D eigenvalue weighted by atomic mass is 16.6. The highest BCUT2D eigenvalue weighted by molar-refractivity contribution is 6.01. The monoisotopic (exact) mass is 393 g/mol. The molecule has 0 unspecified atom stereocenters. The number of rotatable bonds is 7. The SMILES string of the molecule is CCc1ccc(C(=O)[C@H](C)OC(=O)c2ccc(-c3ccc([N+](=O)[O-])cc3)o2)cc1. The minimum atomic E-state index is -0.970. The lowest BCUT2D eigenvalue weighted by molar-refractivity contribution is -0.384. The van der Waals surface area contributed by atoms with Crippen LogP contribution in [0.3, 0.4) is 0 Å². The van der Waals surface area contributed by atoms with E-state index < -0.39 is 17.0 Å². The number of ether oxygens (including phenoxy) is 1. The van der Waals surface area contributed by atoms with E-state index in [1.165, 1.54) is 37.3 Å². The van der Waals surface area contributed by atoms with Gasteiger partial charge in [0, 0.05) is 23.3 Å². The number of Topliss-reactive ketones (excluding diaryl/α,β-unsaturated/α-hetero) is 1. The van der Waals surface area contributed by atoms with Gasteiger partial charge in [0.05, 0.1) is 4.92 Å². The number of non-ortho nitro benzene ring substituents is 1. The van der Waals surface area contributed by atoms with Gasteiger partial charge in [-0.3, -0.25) is 14.9 Å². The fourth-order valence-electron chi connectivity index (χ4n) is 2.76. The molecule has 148 valence electrons. The first-order chi connectivity index (χ1) is 13.9. The molecule has 7 nitrogen and oxygen atoms in total. The van der Waals surface area contributed by atoms with Gasteiger partial charge in [0.25, 0.3) is 5.69 Å². The first-order valence-electron chi connectivity index (χ1n) is 9.08. The summed E-state index contributed by atoms with van der Waals surface area (Å²) in [7, 11) is 0. The number of furan rings is 1. The van der Waals surface area contributed by atoms with Gasteiger partial charge in [-0.25, -0.2) is 4.79 Å². The van der Waals surface area contributed by atoms with Gasteiger partial charge < -0.3 is 9.15 Å². The number of nitro groups is 1. The average Bonchev–Trinajstić information content (AvgIpc) is 3.23. The standard InChI is InChI=1S/C22H19NO6/c1-3-15-4-6-17(7-5-15)21(24)14(2)28-22(25)20-13-12-19(29-20)16-8-10-18(11-9-16)23(26)27/h4-14H,3H2,1-2H3/t14-/m0/s1. The van der Waals surface area contributed by atoms with E-state index in [1.807, 2.05) is 19.1 Å². The number of esters is 1. The minimum absolute atomic E-state index is 0.0424. The molecule has 7 heteroatoms. The lowest BCUT2D eigenvalue weighted by Crippen LogP contribution is -2.24. The largest absolute Gasteiger partial charge is 0.449 e. The first-order valence-corrected chi connectivity index (χ1v) is 9.08. The molecule has 29 heavy (non-hydrogen) atoms. The Morgan fingerprint density at radius 3 is 2.28 bits per heavy atom. The van der Waals surface area contributed by atoms with E-state index in [0.717, 1.165) is 12.0 Å². The molecule has 1 heterocycles. The first kappa shape index (κ1) is 20.0. The molecule has 1 aromatic heterocycles. The van der Waals surface area contributed by atoms with Gasteiger partial charge in [0.1, 0.15) is 5.76 Å². The van der Waals surface area contributed by atoms with Crippen LogP contribution in [0.1, 0.15) is 40.3 Å². The Kier molecular flexibility index (Phi) is 5.87. The van der Waals surface area contributed by atoms with Crippen LogP contribution in [-0.4, -0.2) is 22.8 Å². The van der Waals surface area contributed by atoms with Crippen LogP contribution in [0.4, 0.5) is 5.69 Å². The Morgan fingerprint density at radius 2 is 1.69 bits per heavy atom. The molecule has 2 aromatic carbocycles. The molecule has 0 fully saturated rings. The Balaban J connectivity index is 1.67. The summed E-state index contributed by atoms with van der Waals surface area (Å²) in [6.07, 6.45) is -0.0999. The zero-order valence-electron chi connectivity index (χ0n) is 16.0. The molecule has 0 saturated heterocycles. The second-order valence-electron chi connectivity index (χ2n) is 6.43. The van der Waals surface area contributed by atoms with Crippen LogP contribution in [0.5, 0.6) is 0 Å². The Hall–Kier alpha value is -3.74.